The molecule has 1 aliphatic rings. The minimum atomic E-state index is -0.149. The van der Waals surface area contributed by atoms with E-state index in [0.717, 1.165) is 27.7 Å². The number of fused-ring (bicyclic) bond motifs is 2. The van der Waals surface area contributed by atoms with Gasteiger partial charge in [-0.25, -0.2) is 4.98 Å². The van der Waals surface area contributed by atoms with Gasteiger partial charge in [0.25, 0.3) is 0 Å². The molecule has 0 bridgehead atoms. The highest BCUT2D eigenvalue weighted by Crippen LogP contribution is 2.43. The fourth-order valence-electron chi connectivity index (χ4n) is 2.78. The zero-order valence-electron chi connectivity index (χ0n) is 11.4. The van der Waals surface area contributed by atoms with Gasteiger partial charge >= 0.3 is 0 Å². The maximum absolute atomic E-state index is 12.0. The van der Waals surface area contributed by atoms with Crippen LogP contribution in [-0.4, -0.2) is 15.8 Å². The third-order valence-electron chi connectivity index (χ3n) is 3.81. The number of H-pyrrole nitrogens is 1. The predicted molar refractivity (Wildman–Crippen MR) is 80.4 cm³/mol. The summed E-state index contributed by atoms with van der Waals surface area (Å²) < 4.78 is 5.63. The van der Waals surface area contributed by atoms with Crippen LogP contribution < -0.4 is 4.74 Å². The van der Waals surface area contributed by atoms with Gasteiger partial charge in [0.2, 0.25) is 5.78 Å². The largest absolute Gasteiger partial charge is 0.452 e. The van der Waals surface area contributed by atoms with Crippen LogP contribution in [0.2, 0.25) is 0 Å². The second kappa shape index (κ2) is 4.06. The first-order valence-corrected chi connectivity index (χ1v) is 6.64. The van der Waals surface area contributed by atoms with Crippen LogP contribution >= 0.6 is 0 Å². The number of rotatable bonds is 1. The van der Waals surface area contributed by atoms with Crippen LogP contribution in [-0.2, 0) is 0 Å². The van der Waals surface area contributed by atoms with E-state index in [1.807, 2.05) is 31.3 Å². The van der Waals surface area contributed by atoms with E-state index in [9.17, 15) is 4.79 Å². The van der Waals surface area contributed by atoms with E-state index >= 15 is 0 Å². The first-order chi connectivity index (χ1) is 10.2. The summed E-state index contributed by atoms with van der Waals surface area (Å²) in [5, 5.41) is 1.00. The summed E-state index contributed by atoms with van der Waals surface area (Å²) in [6.07, 6.45) is 3.64. The third-order valence-corrected chi connectivity index (χ3v) is 3.81. The summed E-state index contributed by atoms with van der Waals surface area (Å²) in [4.78, 5) is 19.5. The van der Waals surface area contributed by atoms with E-state index in [2.05, 4.69) is 16.5 Å². The normalized spacial score (nSPS) is 13.6. The monoisotopic (exact) mass is 276 g/mol. The molecule has 0 saturated carbocycles. The highest BCUT2D eigenvalue weighted by molar-refractivity contribution is 6.14. The molecule has 3 heterocycles. The van der Waals surface area contributed by atoms with Gasteiger partial charge in [0.1, 0.15) is 11.4 Å². The molecule has 2 aromatic heterocycles. The number of ether oxygens (including phenoxy) is 1. The molecule has 4 rings (SSSR count). The van der Waals surface area contributed by atoms with Gasteiger partial charge in [-0.2, -0.15) is 0 Å². The van der Waals surface area contributed by atoms with Crippen LogP contribution in [0.5, 0.6) is 5.75 Å². The molecule has 1 N–H and O–H groups in total. The number of hydrogen-bond acceptors (Lipinski definition) is 3. The standard InChI is InChI=1S/C17H12N2O2/c1-9-5-6-12-15(20)10(2)21-16(12)14(9)13-8-19-17-11(13)4-3-7-18-17/h3-8H,2H2,1H3,(H,18,19). The molecule has 0 aliphatic carbocycles. The minimum absolute atomic E-state index is 0.149. The number of pyridine rings is 1. The molecule has 4 nitrogen and oxygen atoms in total. The fourth-order valence-corrected chi connectivity index (χ4v) is 2.78. The molecular formula is C17H12N2O2. The Morgan fingerprint density at radius 2 is 2.10 bits per heavy atom. The van der Waals surface area contributed by atoms with Crippen LogP contribution in [0.1, 0.15) is 15.9 Å². The Bertz CT molecular complexity index is 922. The van der Waals surface area contributed by atoms with Crippen molar-refractivity contribution in [2.45, 2.75) is 6.92 Å². The Morgan fingerprint density at radius 1 is 1.24 bits per heavy atom. The van der Waals surface area contributed by atoms with Crippen molar-refractivity contribution in [1.82, 2.24) is 9.97 Å². The highest BCUT2D eigenvalue weighted by atomic mass is 16.5. The first kappa shape index (κ1) is 11.9. The molecule has 0 radical (unpaired) electrons. The molecule has 0 saturated heterocycles. The smallest absolute Gasteiger partial charge is 0.231 e. The van der Waals surface area contributed by atoms with Gasteiger partial charge in [0.15, 0.2) is 5.76 Å². The molecule has 1 aliphatic heterocycles. The molecule has 0 spiro atoms. The average molecular weight is 276 g/mol. The Hall–Kier alpha value is -2.88. The highest BCUT2D eigenvalue weighted by Gasteiger charge is 2.30. The summed E-state index contributed by atoms with van der Waals surface area (Å²) in [5.41, 5.74) is 4.32. The number of nitrogens with one attached hydrogen (secondary N) is 1. The summed E-state index contributed by atoms with van der Waals surface area (Å²) in [6.45, 7) is 5.67. The van der Waals surface area contributed by atoms with Crippen LogP contribution in [0.15, 0.2) is 49.0 Å². The quantitative estimate of drug-likeness (QED) is 0.690. The van der Waals surface area contributed by atoms with Crippen molar-refractivity contribution < 1.29 is 9.53 Å². The van der Waals surface area contributed by atoms with Crippen LogP contribution in [0, 0.1) is 6.92 Å². The zero-order chi connectivity index (χ0) is 14.6. The number of hydrogen-bond donors (Lipinski definition) is 1. The summed E-state index contributed by atoms with van der Waals surface area (Å²) in [6, 6.07) is 7.62. The lowest BCUT2D eigenvalue weighted by molar-refractivity contribution is 0.101. The summed E-state index contributed by atoms with van der Waals surface area (Å²) in [5.74, 6) is 0.619. The summed E-state index contributed by atoms with van der Waals surface area (Å²) in [7, 11) is 0. The van der Waals surface area contributed by atoms with Crippen molar-refractivity contribution in [3.63, 3.8) is 0 Å². The van der Waals surface area contributed by atoms with Crippen molar-refractivity contribution in [1.29, 1.82) is 0 Å². The van der Waals surface area contributed by atoms with E-state index in [0.29, 0.717) is 11.3 Å². The maximum Gasteiger partial charge on any atom is 0.231 e. The number of carbonyl (C=O) groups excluding carboxylic acids is 1. The Kier molecular flexibility index (Phi) is 2.30. The number of Topliss-reactive ketones (excluding diaryl/α,β-unsaturated/α-hetero) is 1. The SMILES string of the molecule is C=C1Oc2c(ccc(C)c2-c2c[nH]c3ncccc23)C1=O. The van der Waals surface area contributed by atoms with Gasteiger partial charge in [-0.1, -0.05) is 12.6 Å². The van der Waals surface area contributed by atoms with Crippen LogP contribution in [0.3, 0.4) is 0 Å². The Balaban J connectivity index is 2.06. The Morgan fingerprint density at radius 3 is 2.95 bits per heavy atom. The number of carbonyl (C=O) groups is 1. The van der Waals surface area contributed by atoms with Crippen molar-refractivity contribution in [3.8, 4) is 16.9 Å². The molecular weight excluding hydrogens is 264 g/mol. The van der Waals surface area contributed by atoms with Crippen molar-refractivity contribution in [2.24, 2.45) is 0 Å². The van der Waals surface area contributed by atoms with E-state index < -0.39 is 0 Å². The lowest BCUT2D eigenvalue weighted by atomic mass is 9.96. The Labute approximate surface area is 121 Å². The van der Waals surface area contributed by atoms with Gasteiger partial charge < -0.3 is 9.72 Å². The lowest BCUT2D eigenvalue weighted by Gasteiger charge is -2.09. The first-order valence-electron chi connectivity index (χ1n) is 6.64. The van der Waals surface area contributed by atoms with Crippen LogP contribution in [0.4, 0.5) is 0 Å². The topological polar surface area (TPSA) is 55.0 Å². The summed E-state index contributed by atoms with van der Waals surface area (Å²) >= 11 is 0. The van der Waals surface area contributed by atoms with Gasteiger partial charge in [-0.3, -0.25) is 4.79 Å². The second-order valence-electron chi connectivity index (χ2n) is 5.09. The molecule has 0 unspecified atom stereocenters. The van der Waals surface area contributed by atoms with Crippen molar-refractivity contribution in [2.75, 3.05) is 0 Å². The molecule has 0 fully saturated rings. The average Bonchev–Trinajstić information content (AvgIpc) is 3.02. The van der Waals surface area contributed by atoms with Gasteiger partial charge in [-0.15, -0.1) is 0 Å². The molecule has 102 valence electrons. The molecule has 3 aromatic rings. The predicted octanol–water partition coefficient (Wildman–Crippen LogP) is 3.63. The van der Waals surface area contributed by atoms with Gasteiger partial charge in [-0.05, 0) is 30.7 Å². The number of aromatic amines is 1. The van der Waals surface area contributed by atoms with Crippen molar-refractivity contribution in [3.05, 3.63) is 60.1 Å². The molecule has 0 amide bonds. The van der Waals surface area contributed by atoms with E-state index in [-0.39, 0.29) is 11.5 Å². The number of allylic oxidation sites excluding steroid dienone is 1. The fraction of sp³-hybridized carbons (Fsp3) is 0.0588. The van der Waals surface area contributed by atoms with E-state index in [1.54, 1.807) is 12.3 Å². The number of benzene rings is 1. The van der Waals surface area contributed by atoms with E-state index in [1.165, 1.54) is 0 Å². The molecule has 0 atom stereocenters. The third kappa shape index (κ3) is 1.56. The van der Waals surface area contributed by atoms with E-state index in [4.69, 9.17) is 4.74 Å². The number of ketones is 1. The number of aromatic nitrogens is 2. The molecule has 1 aromatic carbocycles. The minimum Gasteiger partial charge on any atom is -0.452 e. The zero-order valence-corrected chi connectivity index (χ0v) is 11.4. The number of aryl methyl sites for hydroxylation is 1. The van der Waals surface area contributed by atoms with Crippen molar-refractivity contribution >= 4 is 16.8 Å². The lowest BCUT2D eigenvalue weighted by Crippen LogP contribution is -1.94. The number of nitrogens with zero attached hydrogens (tertiary/aromatic N) is 1. The van der Waals surface area contributed by atoms with Crippen LogP contribution in [0.25, 0.3) is 22.2 Å². The second-order valence-corrected chi connectivity index (χ2v) is 5.09. The molecule has 4 heteroatoms. The maximum atomic E-state index is 12.0. The van der Waals surface area contributed by atoms with Gasteiger partial charge in [0, 0.05) is 28.9 Å². The van der Waals surface area contributed by atoms with Gasteiger partial charge in [0.05, 0.1) is 5.56 Å². The molecule has 21 heavy (non-hydrogen) atoms.